The number of anilines is 2. The molecule has 1 rings (SSSR count). The van der Waals surface area contributed by atoms with E-state index in [9.17, 15) is 4.79 Å². The molecule has 0 spiro atoms. The lowest BCUT2D eigenvalue weighted by molar-refractivity contribution is 0.0692. The summed E-state index contributed by atoms with van der Waals surface area (Å²) >= 11 is 0. The summed E-state index contributed by atoms with van der Waals surface area (Å²) in [7, 11) is 0. The highest BCUT2D eigenvalue weighted by molar-refractivity contribution is 5.91. The van der Waals surface area contributed by atoms with Crippen LogP contribution in [0, 0.1) is 0 Å². The molecule has 1 heterocycles. The fourth-order valence-electron chi connectivity index (χ4n) is 0.569. The van der Waals surface area contributed by atoms with E-state index in [4.69, 9.17) is 16.6 Å². The van der Waals surface area contributed by atoms with E-state index >= 15 is 0 Å². The van der Waals surface area contributed by atoms with Crippen LogP contribution in [0.25, 0.3) is 0 Å². The Morgan fingerprint density at radius 2 is 2.20 bits per heavy atom. The van der Waals surface area contributed by atoms with Crippen molar-refractivity contribution in [1.29, 1.82) is 0 Å². The molecule has 0 bridgehead atoms. The van der Waals surface area contributed by atoms with Gasteiger partial charge in [-0.3, -0.25) is 0 Å². The molecule has 0 radical (unpaired) electrons. The number of nitrogen functional groups attached to an aromatic ring is 2. The number of aromatic amines is 1. The summed E-state index contributed by atoms with van der Waals surface area (Å²) in [6.45, 7) is 0. The molecule has 1 aromatic rings. The van der Waals surface area contributed by atoms with E-state index < -0.39 is 5.97 Å². The maximum atomic E-state index is 10.2. The fraction of sp³-hybridized carbons (Fsp3) is 0. The summed E-state index contributed by atoms with van der Waals surface area (Å²) in [6.07, 6.45) is 0. The second kappa shape index (κ2) is 1.90. The van der Waals surface area contributed by atoms with Crippen LogP contribution < -0.4 is 11.5 Å². The van der Waals surface area contributed by atoms with Crippen LogP contribution >= 0.6 is 0 Å². The van der Waals surface area contributed by atoms with Gasteiger partial charge in [-0.2, -0.15) is 4.98 Å². The largest absolute Gasteiger partial charge is 0.476 e. The van der Waals surface area contributed by atoms with E-state index in [0.29, 0.717) is 0 Å². The molecule has 0 amide bonds. The molecule has 54 valence electrons. The van der Waals surface area contributed by atoms with Crippen LogP contribution in [0.3, 0.4) is 0 Å². The number of nitrogens with zero attached hydrogens (tertiary/aromatic N) is 1. The minimum absolute atomic E-state index is 0.00917. The average molecular weight is 142 g/mol. The third-order valence-corrected chi connectivity index (χ3v) is 0.964. The molecule has 10 heavy (non-hydrogen) atoms. The minimum atomic E-state index is -1.17. The number of carbonyl (C=O) groups is 1. The van der Waals surface area contributed by atoms with Crippen molar-refractivity contribution in [3.63, 3.8) is 0 Å². The van der Waals surface area contributed by atoms with Crippen LogP contribution in [0.5, 0.6) is 0 Å². The topological polar surface area (TPSA) is 118 Å². The van der Waals surface area contributed by atoms with Gasteiger partial charge in [0.05, 0.1) is 0 Å². The summed E-state index contributed by atoms with van der Waals surface area (Å²) < 4.78 is 0. The van der Waals surface area contributed by atoms with E-state index in [2.05, 4.69) is 9.97 Å². The van der Waals surface area contributed by atoms with Crippen LogP contribution in [0.2, 0.25) is 0 Å². The quantitative estimate of drug-likeness (QED) is 0.412. The van der Waals surface area contributed by atoms with E-state index in [1.54, 1.807) is 0 Å². The predicted octanol–water partition coefficient (Wildman–Crippen LogP) is -0.728. The molecule has 6 nitrogen and oxygen atoms in total. The smallest absolute Gasteiger partial charge is 0.356 e. The number of H-pyrrole nitrogens is 1. The van der Waals surface area contributed by atoms with Crippen molar-refractivity contribution in [2.24, 2.45) is 0 Å². The molecule has 6 N–H and O–H groups in total. The van der Waals surface area contributed by atoms with Crippen molar-refractivity contribution in [2.45, 2.75) is 0 Å². The standard InChI is InChI=1S/C4H6N4O2/c5-2-1(3(9)10)7-4(6)8-2/h5H2,(H,9,10)(H3,6,7,8). The van der Waals surface area contributed by atoms with Crippen LogP contribution in [0.4, 0.5) is 11.8 Å². The third-order valence-electron chi connectivity index (χ3n) is 0.964. The van der Waals surface area contributed by atoms with E-state index in [0.717, 1.165) is 0 Å². The van der Waals surface area contributed by atoms with Gasteiger partial charge in [-0.25, -0.2) is 4.79 Å². The Kier molecular flexibility index (Phi) is 1.22. The molecule has 1 aromatic heterocycles. The third kappa shape index (κ3) is 0.859. The normalized spacial score (nSPS) is 9.60. The lowest BCUT2D eigenvalue weighted by Gasteiger charge is -1.85. The zero-order chi connectivity index (χ0) is 7.72. The van der Waals surface area contributed by atoms with Gasteiger partial charge in [-0.05, 0) is 0 Å². The Labute approximate surface area is 55.9 Å². The minimum Gasteiger partial charge on any atom is -0.476 e. The molecule has 0 atom stereocenters. The zero-order valence-electron chi connectivity index (χ0n) is 4.96. The summed E-state index contributed by atoms with van der Waals surface area (Å²) in [5, 5.41) is 8.37. The van der Waals surface area contributed by atoms with Gasteiger partial charge in [0.2, 0.25) is 0 Å². The van der Waals surface area contributed by atoms with Crippen LogP contribution in [-0.2, 0) is 0 Å². The molecule has 0 aromatic carbocycles. The second-order valence-electron chi connectivity index (χ2n) is 1.69. The van der Waals surface area contributed by atoms with Crippen molar-refractivity contribution in [3.05, 3.63) is 5.69 Å². The number of imidazole rings is 1. The zero-order valence-corrected chi connectivity index (χ0v) is 4.96. The molecule has 0 unspecified atom stereocenters. The molecular formula is C4H6N4O2. The molecule has 6 heteroatoms. The first kappa shape index (κ1) is 6.40. The van der Waals surface area contributed by atoms with Gasteiger partial charge in [-0.1, -0.05) is 0 Å². The number of aromatic carboxylic acids is 1. The molecule has 0 fully saturated rings. The Morgan fingerprint density at radius 1 is 1.60 bits per heavy atom. The fourth-order valence-corrected chi connectivity index (χ4v) is 0.569. The van der Waals surface area contributed by atoms with Crippen LogP contribution in [0.15, 0.2) is 0 Å². The highest BCUT2D eigenvalue weighted by atomic mass is 16.4. The lowest BCUT2D eigenvalue weighted by Crippen LogP contribution is -2.01. The molecule has 0 saturated carbocycles. The van der Waals surface area contributed by atoms with E-state index in [-0.39, 0.29) is 17.5 Å². The predicted molar refractivity (Wildman–Crippen MR) is 34.4 cm³/mol. The maximum Gasteiger partial charge on any atom is 0.356 e. The van der Waals surface area contributed by atoms with Crippen molar-refractivity contribution in [1.82, 2.24) is 9.97 Å². The van der Waals surface area contributed by atoms with Gasteiger partial charge in [0.15, 0.2) is 17.5 Å². The number of rotatable bonds is 1. The Balaban J connectivity index is 3.15. The second-order valence-corrected chi connectivity index (χ2v) is 1.69. The number of hydrogen-bond donors (Lipinski definition) is 4. The number of carboxylic acid groups (broad SMARTS) is 1. The summed E-state index contributed by atoms with van der Waals surface area (Å²) in [5.74, 6) is -1.25. The first-order valence-corrected chi connectivity index (χ1v) is 2.45. The first-order chi connectivity index (χ1) is 4.61. The number of nitrogens with one attached hydrogen (secondary N) is 1. The highest BCUT2D eigenvalue weighted by Gasteiger charge is 2.11. The van der Waals surface area contributed by atoms with Gasteiger partial charge >= 0.3 is 5.97 Å². The number of carboxylic acids is 1. The van der Waals surface area contributed by atoms with Gasteiger partial charge in [0, 0.05) is 0 Å². The number of nitrogens with two attached hydrogens (primary N) is 2. The van der Waals surface area contributed by atoms with E-state index in [1.807, 2.05) is 0 Å². The van der Waals surface area contributed by atoms with Crippen molar-refractivity contribution >= 4 is 17.7 Å². The van der Waals surface area contributed by atoms with Crippen molar-refractivity contribution in [2.75, 3.05) is 11.5 Å². The van der Waals surface area contributed by atoms with Crippen LogP contribution in [-0.4, -0.2) is 21.0 Å². The lowest BCUT2D eigenvalue weighted by atomic mass is 10.4. The van der Waals surface area contributed by atoms with Gasteiger partial charge in [0.1, 0.15) is 0 Å². The van der Waals surface area contributed by atoms with Gasteiger partial charge < -0.3 is 21.6 Å². The maximum absolute atomic E-state index is 10.2. The Morgan fingerprint density at radius 3 is 2.40 bits per heavy atom. The highest BCUT2D eigenvalue weighted by Crippen LogP contribution is 2.07. The number of hydrogen-bond acceptors (Lipinski definition) is 4. The first-order valence-electron chi connectivity index (χ1n) is 2.45. The van der Waals surface area contributed by atoms with Crippen molar-refractivity contribution < 1.29 is 9.90 Å². The summed E-state index contributed by atoms with van der Waals surface area (Å²) in [6, 6.07) is 0. The summed E-state index contributed by atoms with van der Waals surface area (Å²) in [5.41, 5.74) is 10.1. The van der Waals surface area contributed by atoms with Gasteiger partial charge in [0.25, 0.3) is 0 Å². The summed E-state index contributed by atoms with van der Waals surface area (Å²) in [4.78, 5) is 16.0. The molecular weight excluding hydrogens is 136 g/mol. The van der Waals surface area contributed by atoms with Gasteiger partial charge in [-0.15, -0.1) is 0 Å². The Hall–Kier alpha value is -1.72. The van der Waals surface area contributed by atoms with Crippen LogP contribution in [0.1, 0.15) is 10.5 Å². The molecule has 0 aliphatic rings. The molecule has 0 aliphatic carbocycles. The number of aromatic nitrogens is 2. The SMILES string of the molecule is Nc1nc(N)c(C(=O)O)[nH]1. The average Bonchev–Trinajstić information content (AvgIpc) is 2.10. The Bertz CT molecular complexity index is 266. The molecule has 0 saturated heterocycles. The van der Waals surface area contributed by atoms with Crippen molar-refractivity contribution in [3.8, 4) is 0 Å². The van der Waals surface area contributed by atoms with E-state index in [1.165, 1.54) is 0 Å². The molecule has 0 aliphatic heterocycles. The monoisotopic (exact) mass is 142 g/mol.